The summed E-state index contributed by atoms with van der Waals surface area (Å²) in [6.45, 7) is 3.31. The third-order valence-electron chi connectivity index (χ3n) is 7.90. The molecule has 0 radical (unpaired) electrons. The molecule has 3 fully saturated rings. The molecule has 0 spiro atoms. The van der Waals surface area contributed by atoms with E-state index in [-0.39, 0.29) is 0 Å². The highest BCUT2D eigenvalue weighted by Crippen LogP contribution is 2.48. The first-order valence-electron chi connectivity index (χ1n) is 13.1. The third kappa shape index (κ3) is 4.72. The fourth-order valence-electron chi connectivity index (χ4n) is 5.57. The van der Waals surface area contributed by atoms with Crippen molar-refractivity contribution >= 4 is 40.9 Å². The maximum absolute atomic E-state index is 13.8. The number of methoxy groups -OCH3 is 1. The number of aromatic nitrogens is 3. The second-order valence-corrected chi connectivity index (χ2v) is 13.4. The van der Waals surface area contributed by atoms with Crippen LogP contribution in [0.5, 0.6) is 5.75 Å². The van der Waals surface area contributed by atoms with Gasteiger partial charge in [0, 0.05) is 43.0 Å². The van der Waals surface area contributed by atoms with Gasteiger partial charge in [-0.05, 0) is 37.1 Å². The van der Waals surface area contributed by atoms with Gasteiger partial charge in [0.1, 0.15) is 24.4 Å². The summed E-state index contributed by atoms with van der Waals surface area (Å²) in [5.41, 5.74) is 1.54. The van der Waals surface area contributed by atoms with E-state index in [1.165, 1.54) is 32.1 Å². The number of anilines is 3. The second kappa shape index (κ2) is 10.0. The lowest BCUT2D eigenvalue weighted by molar-refractivity contribution is -0.0620. The Bertz CT molecular complexity index is 1260. The number of benzene rings is 1. The maximum atomic E-state index is 13.8. The molecule has 0 atom stereocenters. The van der Waals surface area contributed by atoms with E-state index in [1.807, 2.05) is 30.5 Å². The zero-order chi connectivity index (χ0) is 24.5. The van der Waals surface area contributed by atoms with Crippen molar-refractivity contribution in [2.24, 2.45) is 0 Å². The fourth-order valence-corrected chi connectivity index (χ4v) is 8.16. The number of H-pyrrole nitrogens is 1. The van der Waals surface area contributed by atoms with E-state index in [2.05, 4.69) is 25.5 Å². The van der Waals surface area contributed by atoms with E-state index in [0.717, 1.165) is 54.1 Å². The van der Waals surface area contributed by atoms with Gasteiger partial charge in [0.2, 0.25) is 5.95 Å². The van der Waals surface area contributed by atoms with Crippen LogP contribution in [0.3, 0.4) is 0 Å². The van der Waals surface area contributed by atoms with Crippen LogP contribution in [0.1, 0.15) is 32.1 Å². The summed E-state index contributed by atoms with van der Waals surface area (Å²) in [4.78, 5) is 15.1. The monoisotopic (exact) mass is 510 g/mol. The summed E-state index contributed by atoms with van der Waals surface area (Å²) in [7, 11) is -0.818. The molecule has 2 aliphatic heterocycles. The van der Waals surface area contributed by atoms with Gasteiger partial charge in [-0.3, -0.25) is 4.90 Å². The second-order valence-electron chi connectivity index (χ2n) is 10.2. The average Bonchev–Trinajstić information content (AvgIpc) is 3.34. The van der Waals surface area contributed by atoms with Crippen molar-refractivity contribution in [1.82, 2.24) is 19.9 Å². The van der Waals surface area contributed by atoms with Crippen molar-refractivity contribution in [3.63, 3.8) is 0 Å². The first-order chi connectivity index (χ1) is 17.6. The number of fused-ring (bicyclic) bond motifs is 1. The van der Waals surface area contributed by atoms with Gasteiger partial charge >= 0.3 is 0 Å². The quantitative estimate of drug-likeness (QED) is 0.407. The number of hydrogen-bond donors (Lipinski definition) is 3. The van der Waals surface area contributed by atoms with Gasteiger partial charge in [-0.1, -0.05) is 19.3 Å². The van der Waals surface area contributed by atoms with Crippen LogP contribution < -0.4 is 20.7 Å². The molecule has 3 N–H and O–H groups in total. The summed E-state index contributed by atoms with van der Waals surface area (Å²) in [5, 5.41) is 8.87. The number of ether oxygens (including phenoxy) is 2. The molecule has 36 heavy (non-hydrogen) atoms. The molecule has 3 aromatic rings. The van der Waals surface area contributed by atoms with Crippen LogP contribution in [-0.2, 0) is 9.30 Å². The third-order valence-corrected chi connectivity index (χ3v) is 11.0. The summed E-state index contributed by atoms with van der Waals surface area (Å²) < 4.78 is 24.9. The van der Waals surface area contributed by atoms with Crippen LogP contribution in [0.4, 0.5) is 17.5 Å². The minimum absolute atomic E-state index is 0.439. The van der Waals surface area contributed by atoms with Crippen LogP contribution in [0.25, 0.3) is 11.0 Å². The highest BCUT2D eigenvalue weighted by Gasteiger charge is 2.35. The first-order valence-corrected chi connectivity index (χ1v) is 15.2. The normalized spacial score (nSPS) is 21.2. The van der Waals surface area contributed by atoms with Crippen LogP contribution in [0.2, 0.25) is 0 Å². The molecule has 2 saturated heterocycles. The number of nitrogens with one attached hydrogen (secondary N) is 3. The smallest absolute Gasteiger partial charge is 0.231 e. The first kappa shape index (κ1) is 23.8. The molecule has 0 amide bonds. The molecular formula is C26H35N6O3P. The topological polar surface area (TPSA) is 104 Å². The molecule has 6 rings (SSSR count). The standard InChI is InChI=1S/C26H35N6O3P/c1-34-23-15-20(36(33)13-11-32(12-14-36)19-16-35-17-19)7-8-22(23)29-26-30-24-21(9-10-27-24)25(31-26)28-18-5-3-2-4-6-18/h7-10,15,18-19H,2-6,11-14,16-17H2,1H3,(H3,27,28,29,30,31). The van der Waals surface area contributed by atoms with E-state index < -0.39 is 7.14 Å². The molecule has 2 aromatic heterocycles. The molecule has 1 aromatic carbocycles. The molecule has 10 heteroatoms. The lowest BCUT2D eigenvalue weighted by Crippen LogP contribution is -2.52. The van der Waals surface area contributed by atoms with E-state index >= 15 is 0 Å². The molecule has 3 aliphatic rings. The van der Waals surface area contributed by atoms with Gasteiger partial charge in [-0.25, -0.2) is 0 Å². The Morgan fingerprint density at radius 2 is 1.92 bits per heavy atom. The Hall–Kier alpha value is -2.61. The summed E-state index contributed by atoms with van der Waals surface area (Å²) in [6.07, 6.45) is 9.44. The number of aromatic amines is 1. The molecule has 0 unspecified atom stereocenters. The maximum Gasteiger partial charge on any atom is 0.231 e. The summed E-state index contributed by atoms with van der Waals surface area (Å²) in [5.74, 6) is 1.99. The van der Waals surface area contributed by atoms with Gasteiger partial charge in [0.15, 0.2) is 0 Å². The average molecular weight is 511 g/mol. The Balaban J connectivity index is 1.22. The summed E-state index contributed by atoms with van der Waals surface area (Å²) in [6, 6.07) is 8.79. The molecule has 1 aliphatic carbocycles. The van der Waals surface area contributed by atoms with Crippen LogP contribution in [-0.4, -0.2) is 77.7 Å². The fraction of sp³-hybridized carbons (Fsp3) is 0.538. The van der Waals surface area contributed by atoms with Gasteiger partial charge in [-0.15, -0.1) is 0 Å². The predicted octanol–water partition coefficient (Wildman–Crippen LogP) is 4.16. The van der Waals surface area contributed by atoms with E-state index in [0.29, 0.717) is 36.1 Å². The van der Waals surface area contributed by atoms with Crippen LogP contribution in [0.15, 0.2) is 30.5 Å². The SMILES string of the molecule is COc1cc(P2(=O)CCN(C3COC3)CC2)ccc1Nc1nc(NC2CCCCC2)c2cc[nH]c2n1. The Morgan fingerprint density at radius 1 is 1.11 bits per heavy atom. The van der Waals surface area contributed by atoms with E-state index in [4.69, 9.17) is 14.5 Å². The zero-order valence-corrected chi connectivity index (χ0v) is 21.7. The minimum atomic E-state index is -2.46. The van der Waals surface area contributed by atoms with Gasteiger partial charge in [0.05, 0.1) is 37.4 Å². The Labute approximate surface area is 211 Å². The summed E-state index contributed by atoms with van der Waals surface area (Å²) >= 11 is 0. The molecular weight excluding hydrogens is 475 g/mol. The van der Waals surface area contributed by atoms with Crippen molar-refractivity contribution in [2.75, 3.05) is 56.4 Å². The molecule has 0 bridgehead atoms. The minimum Gasteiger partial charge on any atom is -0.495 e. The Kier molecular flexibility index (Phi) is 6.63. The van der Waals surface area contributed by atoms with Gasteiger partial charge < -0.3 is 29.7 Å². The highest BCUT2D eigenvalue weighted by atomic mass is 31.2. The molecule has 1 saturated carbocycles. The molecule has 4 heterocycles. The van der Waals surface area contributed by atoms with E-state index in [9.17, 15) is 4.57 Å². The van der Waals surface area contributed by atoms with Crippen LogP contribution in [0, 0.1) is 0 Å². The van der Waals surface area contributed by atoms with Crippen molar-refractivity contribution in [3.8, 4) is 5.75 Å². The predicted molar refractivity (Wildman–Crippen MR) is 144 cm³/mol. The molecule has 9 nitrogen and oxygen atoms in total. The van der Waals surface area contributed by atoms with Gasteiger partial charge in [-0.2, -0.15) is 9.97 Å². The van der Waals surface area contributed by atoms with Crippen LogP contribution >= 0.6 is 7.14 Å². The largest absolute Gasteiger partial charge is 0.495 e. The number of hydrogen-bond acceptors (Lipinski definition) is 8. The molecule has 192 valence electrons. The van der Waals surface area contributed by atoms with Crippen molar-refractivity contribution in [1.29, 1.82) is 0 Å². The lowest BCUT2D eigenvalue weighted by atomic mass is 9.95. The number of rotatable bonds is 7. The Morgan fingerprint density at radius 3 is 2.64 bits per heavy atom. The lowest BCUT2D eigenvalue weighted by Gasteiger charge is -2.41. The van der Waals surface area contributed by atoms with Crippen molar-refractivity contribution in [2.45, 2.75) is 44.2 Å². The number of nitrogens with zero attached hydrogens (tertiary/aromatic N) is 3. The van der Waals surface area contributed by atoms with E-state index in [1.54, 1.807) is 7.11 Å². The van der Waals surface area contributed by atoms with Gasteiger partial charge in [0.25, 0.3) is 0 Å². The van der Waals surface area contributed by atoms with Crippen molar-refractivity contribution < 1.29 is 14.0 Å². The zero-order valence-electron chi connectivity index (χ0n) is 20.8. The highest BCUT2D eigenvalue weighted by molar-refractivity contribution is 7.71. The van der Waals surface area contributed by atoms with Crippen molar-refractivity contribution in [3.05, 3.63) is 30.5 Å².